The van der Waals surface area contributed by atoms with Crippen LogP contribution in [-0.4, -0.2) is 31.5 Å². The van der Waals surface area contributed by atoms with Crippen molar-refractivity contribution in [3.63, 3.8) is 0 Å². The van der Waals surface area contributed by atoms with E-state index >= 15 is 0 Å². The third-order valence-electron chi connectivity index (χ3n) is 3.81. The first-order valence-corrected chi connectivity index (χ1v) is 8.78. The Bertz CT molecular complexity index is 506. The van der Waals surface area contributed by atoms with Gasteiger partial charge in [-0.25, -0.2) is 0 Å². The predicted molar refractivity (Wildman–Crippen MR) is 92.3 cm³/mol. The van der Waals surface area contributed by atoms with Crippen LogP contribution in [0.2, 0.25) is 0 Å². The Labute approximate surface area is 136 Å². The minimum absolute atomic E-state index is 0.128. The van der Waals surface area contributed by atoms with Crippen molar-refractivity contribution in [3.8, 4) is 0 Å². The second-order valence-corrected chi connectivity index (χ2v) is 7.04. The van der Waals surface area contributed by atoms with E-state index in [1.807, 2.05) is 0 Å². The van der Waals surface area contributed by atoms with E-state index in [4.69, 9.17) is 0 Å². The summed E-state index contributed by atoms with van der Waals surface area (Å²) in [5.74, 6) is 0.864. The van der Waals surface area contributed by atoms with Gasteiger partial charge in [0.05, 0.1) is 6.54 Å². The molecule has 0 bridgehead atoms. The molecule has 0 spiro atoms. The number of guanidine groups is 1. The fourth-order valence-electron chi connectivity index (χ4n) is 2.64. The van der Waals surface area contributed by atoms with Crippen LogP contribution in [0.1, 0.15) is 41.9 Å². The van der Waals surface area contributed by atoms with Gasteiger partial charge in [0.1, 0.15) is 0 Å². The van der Waals surface area contributed by atoms with Gasteiger partial charge in [0.15, 0.2) is 5.96 Å². The average molecular weight is 322 g/mol. The molecule has 3 N–H and O–H groups in total. The Balaban J connectivity index is 1.62. The molecule has 1 heterocycles. The highest BCUT2D eigenvalue weighted by Crippen LogP contribution is 2.17. The normalized spacial score (nSPS) is 15.8. The lowest BCUT2D eigenvalue weighted by molar-refractivity contribution is -0.121. The van der Waals surface area contributed by atoms with Crippen LogP contribution < -0.4 is 16.0 Å². The molecular weight excluding hydrogens is 296 g/mol. The fourth-order valence-corrected chi connectivity index (χ4v) is 3.47. The molecule has 2 rings (SSSR count). The predicted octanol–water partition coefficient (Wildman–Crippen LogP) is 2.17. The van der Waals surface area contributed by atoms with Crippen molar-refractivity contribution < 1.29 is 4.79 Å². The van der Waals surface area contributed by atoms with E-state index < -0.39 is 0 Å². The maximum Gasteiger partial charge on any atom is 0.221 e. The topological polar surface area (TPSA) is 65.5 Å². The van der Waals surface area contributed by atoms with Crippen LogP contribution in [0.3, 0.4) is 0 Å². The molecule has 0 atom stereocenters. The molecule has 0 saturated heterocycles. The Hall–Kier alpha value is -1.56. The lowest BCUT2D eigenvalue weighted by atomic mass is 10.2. The van der Waals surface area contributed by atoms with Crippen molar-refractivity contribution in [2.45, 2.75) is 51.6 Å². The lowest BCUT2D eigenvalue weighted by Crippen LogP contribution is -2.40. The molecule has 5 nitrogen and oxygen atoms in total. The Kier molecular flexibility index (Phi) is 6.71. The van der Waals surface area contributed by atoms with Crippen LogP contribution in [0.5, 0.6) is 0 Å². The van der Waals surface area contributed by atoms with Gasteiger partial charge in [-0.15, -0.1) is 11.3 Å². The summed E-state index contributed by atoms with van der Waals surface area (Å²) in [6, 6.07) is 4.63. The molecule has 1 amide bonds. The number of amides is 1. The van der Waals surface area contributed by atoms with E-state index in [1.165, 1.54) is 22.6 Å². The third-order valence-corrected chi connectivity index (χ3v) is 4.82. The van der Waals surface area contributed by atoms with Crippen LogP contribution in [0, 0.1) is 6.92 Å². The number of thiophene rings is 1. The van der Waals surface area contributed by atoms with Crippen LogP contribution in [0.25, 0.3) is 0 Å². The number of aliphatic imine (C=N–C) groups is 1. The summed E-state index contributed by atoms with van der Waals surface area (Å²) < 4.78 is 0. The first kappa shape index (κ1) is 16.8. The molecule has 1 aliphatic carbocycles. The number of aryl methyl sites for hydroxylation is 1. The quantitative estimate of drug-likeness (QED) is 0.555. The van der Waals surface area contributed by atoms with E-state index in [9.17, 15) is 4.79 Å². The summed E-state index contributed by atoms with van der Waals surface area (Å²) in [6.45, 7) is 3.46. The van der Waals surface area contributed by atoms with Gasteiger partial charge >= 0.3 is 0 Å². The zero-order valence-corrected chi connectivity index (χ0v) is 14.3. The second-order valence-electron chi connectivity index (χ2n) is 5.66. The number of nitrogens with one attached hydrogen (secondary N) is 3. The van der Waals surface area contributed by atoms with Gasteiger partial charge in [-0.3, -0.25) is 9.79 Å². The average Bonchev–Trinajstić information content (AvgIpc) is 3.14. The van der Waals surface area contributed by atoms with Crippen LogP contribution in [0.4, 0.5) is 0 Å². The first-order chi connectivity index (χ1) is 10.7. The highest BCUT2D eigenvalue weighted by molar-refractivity contribution is 7.11. The SMILES string of the molecule is CN=C(NCCC(=O)NC1CCCC1)NCc1ccc(C)s1. The summed E-state index contributed by atoms with van der Waals surface area (Å²) in [5.41, 5.74) is 0. The van der Waals surface area contributed by atoms with Crippen molar-refractivity contribution in [2.24, 2.45) is 4.99 Å². The first-order valence-electron chi connectivity index (χ1n) is 7.96. The molecule has 122 valence electrons. The van der Waals surface area contributed by atoms with Crippen molar-refractivity contribution in [1.82, 2.24) is 16.0 Å². The Morgan fingerprint density at radius 1 is 1.32 bits per heavy atom. The molecule has 0 aliphatic heterocycles. The monoisotopic (exact) mass is 322 g/mol. The minimum Gasteiger partial charge on any atom is -0.356 e. The van der Waals surface area contributed by atoms with Crippen molar-refractivity contribution in [1.29, 1.82) is 0 Å². The van der Waals surface area contributed by atoms with Crippen LogP contribution in [0.15, 0.2) is 17.1 Å². The molecular formula is C16H26N4OS. The smallest absolute Gasteiger partial charge is 0.221 e. The van der Waals surface area contributed by atoms with E-state index in [-0.39, 0.29) is 5.91 Å². The summed E-state index contributed by atoms with van der Waals surface area (Å²) >= 11 is 1.78. The molecule has 1 aliphatic rings. The molecule has 0 unspecified atom stereocenters. The maximum atomic E-state index is 11.8. The molecule has 1 saturated carbocycles. The molecule has 1 aromatic heterocycles. The molecule has 1 fully saturated rings. The number of hydrogen-bond acceptors (Lipinski definition) is 3. The fraction of sp³-hybridized carbons (Fsp3) is 0.625. The van der Waals surface area contributed by atoms with Crippen molar-refractivity contribution in [2.75, 3.05) is 13.6 Å². The number of rotatable bonds is 6. The molecule has 0 aromatic carbocycles. The van der Waals surface area contributed by atoms with Crippen LogP contribution >= 0.6 is 11.3 Å². The number of carbonyl (C=O) groups is 1. The largest absolute Gasteiger partial charge is 0.356 e. The minimum atomic E-state index is 0.128. The van der Waals surface area contributed by atoms with Gasteiger partial charge in [0, 0.05) is 35.8 Å². The highest BCUT2D eigenvalue weighted by atomic mass is 32.1. The van der Waals surface area contributed by atoms with Crippen molar-refractivity contribution >= 4 is 23.2 Å². The third kappa shape index (κ3) is 5.67. The van der Waals surface area contributed by atoms with E-state index in [1.54, 1.807) is 18.4 Å². The Morgan fingerprint density at radius 3 is 2.73 bits per heavy atom. The zero-order valence-electron chi connectivity index (χ0n) is 13.4. The summed E-state index contributed by atoms with van der Waals surface area (Å²) in [6.07, 6.45) is 5.21. The highest BCUT2D eigenvalue weighted by Gasteiger charge is 2.16. The molecule has 1 aromatic rings. The lowest BCUT2D eigenvalue weighted by Gasteiger charge is -2.13. The van der Waals surface area contributed by atoms with E-state index in [0.29, 0.717) is 19.0 Å². The summed E-state index contributed by atoms with van der Waals surface area (Å²) in [7, 11) is 1.74. The van der Waals surface area contributed by atoms with Gasteiger partial charge in [-0.05, 0) is 31.9 Å². The molecule has 0 radical (unpaired) electrons. The molecule has 6 heteroatoms. The maximum absolute atomic E-state index is 11.8. The van der Waals surface area contributed by atoms with Crippen LogP contribution in [-0.2, 0) is 11.3 Å². The van der Waals surface area contributed by atoms with E-state index in [2.05, 4.69) is 40.0 Å². The second kappa shape index (κ2) is 8.78. The van der Waals surface area contributed by atoms with Crippen molar-refractivity contribution in [3.05, 3.63) is 21.9 Å². The van der Waals surface area contributed by atoms with Gasteiger partial charge in [0.2, 0.25) is 5.91 Å². The summed E-state index contributed by atoms with van der Waals surface area (Å²) in [5, 5.41) is 9.54. The summed E-state index contributed by atoms with van der Waals surface area (Å²) in [4.78, 5) is 18.6. The van der Waals surface area contributed by atoms with Gasteiger partial charge in [0.25, 0.3) is 0 Å². The number of nitrogens with zero attached hydrogens (tertiary/aromatic N) is 1. The van der Waals surface area contributed by atoms with Gasteiger partial charge in [-0.1, -0.05) is 12.8 Å². The van der Waals surface area contributed by atoms with E-state index in [0.717, 1.165) is 25.3 Å². The number of hydrogen-bond donors (Lipinski definition) is 3. The molecule has 22 heavy (non-hydrogen) atoms. The number of carbonyl (C=O) groups excluding carboxylic acids is 1. The van der Waals surface area contributed by atoms with Gasteiger partial charge < -0.3 is 16.0 Å². The standard InChI is InChI=1S/C16H26N4OS/c1-12-7-8-14(22-12)11-19-16(17-2)18-10-9-15(21)20-13-5-3-4-6-13/h7-8,13H,3-6,9-11H2,1-2H3,(H,20,21)(H2,17,18,19). The van der Waals surface area contributed by atoms with Gasteiger partial charge in [-0.2, -0.15) is 0 Å². The Morgan fingerprint density at radius 2 is 2.09 bits per heavy atom. The zero-order chi connectivity index (χ0) is 15.8.